The Labute approximate surface area is 245 Å². The number of nitrogens with zero attached hydrogens (tertiary/aromatic N) is 5. The molecule has 1 aliphatic heterocycles. The average molecular weight is 572 g/mol. The Balaban J connectivity index is 1.50. The minimum absolute atomic E-state index is 0.193. The van der Waals surface area contributed by atoms with Crippen molar-refractivity contribution in [2.24, 2.45) is 0 Å². The lowest BCUT2D eigenvalue weighted by Gasteiger charge is -2.37. The highest BCUT2D eigenvalue weighted by Crippen LogP contribution is 2.41. The van der Waals surface area contributed by atoms with E-state index in [2.05, 4.69) is 9.88 Å². The molecule has 218 valence electrons. The van der Waals surface area contributed by atoms with E-state index in [1.807, 2.05) is 41.3 Å². The summed E-state index contributed by atoms with van der Waals surface area (Å²) in [6.07, 6.45) is 1.58. The molecule has 1 amide bonds. The number of carbonyl (C=O) groups excluding carboxylic acids is 1. The van der Waals surface area contributed by atoms with Gasteiger partial charge in [0.25, 0.3) is 5.91 Å². The molecule has 0 spiro atoms. The van der Waals surface area contributed by atoms with Crippen LogP contribution in [0.3, 0.4) is 0 Å². The van der Waals surface area contributed by atoms with Crippen molar-refractivity contribution in [2.45, 2.75) is 6.54 Å². The Morgan fingerprint density at radius 3 is 2.12 bits per heavy atom. The Bertz CT molecular complexity index is 1520. The van der Waals surface area contributed by atoms with Gasteiger partial charge in [0.05, 0.1) is 27.0 Å². The van der Waals surface area contributed by atoms with Crippen LogP contribution in [-0.4, -0.2) is 75.3 Å². The highest BCUT2D eigenvalue weighted by Gasteiger charge is 2.27. The van der Waals surface area contributed by atoms with Crippen LogP contribution in [-0.2, 0) is 6.54 Å². The molecule has 0 saturated carbocycles. The van der Waals surface area contributed by atoms with Crippen molar-refractivity contribution in [3.05, 3.63) is 89.9 Å². The topological polar surface area (TPSA) is 80.3 Å². The second kappa shape index (κ2) is 12.8. The molecule has 0 unspecified atom stereocenters. The minimum Gasteiger partial charge on any atom is -0.493 e. The van der Waals surface area contributed by atoms with Gasteiger partial charge in [0.2, 0.25) is 5.75 Å². The summed E-state index contributed by atoms with van der Waals surface area (Å²) in [5.74, 6) is 1.88. The zero-order valence-corrected chi connectivity index (χ0v) is 24.2. The van der Waals surface area contributed by atoms with Gasteiger partial charge in [-0.1, -0.05) is 42.5 Å². The van der Waals surface area contributed by atoms with Crippen molar-refractivity contribution in [1.29, 1.82) is 0 Å². The lowest BCUT2D eigenvalue weighted by Crippen LogP contribution is -2.47. The minimum atomic E-state index is -0.254. The molecular weight excluding hydrogens is 537 g/mol. The van der Waals surface area contributed by atoms with Crippen LogP contribution in [0, 0.1) is 5.82 Å². The van der Waals surface area contributed by atoms with Crippen molar-refractivity contribution >= 4 is 17.4 Å². The summed E-state index contributed by atoms with van der Waals surface area (Å²) < 4.78 is 31.0. The summed E-state index contributed by atoms with van der Waals surface area (Å²) in [6.45, 7) is 2.66. The largest absolute Gasteiger partial charge is 0.493 e. The Hall–Kier alpha value is -4.86. The molecule has 0 bridgehead atoms. The number of carbonyl (C=O) groups is 1. The fourth-order valence-corrected chi connectivity index (χ4v) is 5.12. The number of hydrogen-bond donors (Lipinski definition) is 0. The van der Waals surface area contributed by atoms with Crippen LogP contribution in [0.4, 0.5) is 15.9 Å². The lowest BCUT2D eigenvalue weighted by atomic mass is 10.1. The van der Waals surface area contributed by atoms with E-state index in [1.165, 1.54) is 6.07 Å². The first-order valence-corrected chi connectivity index (χ1v) is 13.6. The normalized spacial score (nSPS) is 13.1. The molecule has 1 aromatic heterocycles. The van der Waals surface area contributed by atoms with E-state index in [0.717, 1.165) is 5.56 Å². The van der Waals surface area contributed by atoms with Crippen LogP contribution in [0.15, 0.2) is 72.9 Å². The first-order valence-electron chi connectivity index (χ1n) is 13.6. The number of ether oxygens (including phenoxy) is 3. The average Bonchev–Trinajstić information content (AvgIpc) is 3.04. The van der Waals surface area contributed by atoms with E-state index in [9.17, 15) is 9.18 Å². The van der Waals surface area contributed by atoms with Crippen LogP contribution >= 0.6 is 0 Å². The maximum Gasteiger partial charge on any atom is 0.259 e. The number of methoxy groups -OCH3 is 3. The van der Waals surface area contributed by atoms with E-state index >= 15 is 0 Å². The molecule has 4 aromatic rings. The molecule has 1 aliphatic rings. The number of aromatic nitrogens is 2. The molecule has 42 heavy (non-hydrogen) atoms. The number of anilines is 2. The van der Waals surface area contributed by atoms with Crippen molar-refractivity contribution < 1.29 is 23.4 Å². The van der Waals surface area contributed by atoms with E-state index < -0.39 is 0 Å². The molecule has 0 aliphatic carbocycles. The van der Waals surface area contributed by atoms with Crippen LogP contribution in [0.1, 0.15) is 15.9 Å². The van der Waals surface area contributed by atoms with E-state index in [1.54, 1.807) is 63.7 Å². The Morgan fingerprint density at radius 2 is 1.50 bits per heavy atom. The van der Waals surface area contributed by atoms with Crippen molar-refractivity contribution in [2.75, 3.05) is 64.4 Å². The highest BCUT2D eigenvalue weighted by molar-refractivity contribution is 5.99. The van der Waals surface area contributed by atoms with Crippen molar-refractivity contribution in [3.63, 3.8) is 0 Å². The van der Waals surface area contributed by atoms with E-state index in [0.29, 0.717) is 78.4 Å². The van der Waals surface area contributed by atoms with Gasteiger partial charge in [-0.2, -0.15) is 0 Å². The van der Waals surface area contributed by atoms with Crippen molar-refractivity contribution in [3.8, 4) is 28.6 Å². The number of halogens is 1. The maximum absolute atomic E-state index is 14.5. The monoisotopic (exact) mass is 571 g/mol. The van der Waals surface area contributed by atoms with Gasteiger partial charge < -0.3 is 28.9 Å². The number of amides is 1. The molecule has 1 saturated heterocycles. The van der Waals surface area contributed by atoms with Gasteiger partial charge in [-0.3, -0.25) is 4.79 Å². The van der Waals surface area contributed by atoms with Gasteiger partial charge in [0.15, 0.2) is 17.3 Å². The summed E-state index contributed by atoms with van der Waals surface area (Å²) in [5, 5.41) is 0. The third kappa shape index (κ3) is 5.93. The summed E-state index contributed by atoms with van der Waals surface area (Å²) in [4.78, 5) is 29.0. The molecular formula is C32H34FN5O4. The Morgan fingerprint density at radius 1 is 0.881 bits per heavy atom. The summed E-state index contributed by atoms with van der Waals surface area (Å²) in [7, 11) is 6.41. The van der Waals surface area contributed by atoms with E-state index in [-0.39, 0.29) is 11.7 Å². The smallest absolute Gasteiger partial charge is 0.259 e. The third-order valence-electron chi connectivity index (χ3n) is 7.30. The first-order chi connectivity index (χ1) is 20.4. The number of para-hydroxylation sites is 1. The van der Waals surface area contributed by atoms with Gasteiger partial charge >= 0.3 is 0 Å². The highest BCUT2D eigenvalue weighted by atomic mass is 19.1. The zero-order chi connectivity index (χ0) is 29.6. The molecule has 3 aromatic carbocycles. The molecule has 0 N–H and O–H groups in total. The van der Waals surface area contributed by atoms with Gasteiger partial charge in [0, 0.05) is 51.5 Å². The summed E-state index contributed by atoms with van der Waals surface area (Å²) >= 11 is 0. The van der Waals surface area contributed by atoms with Crippen molar-refractivity contribution in [1.82, 2.24) is 14.9 Å². The molecule has 1 fully saturated rings. The lowest BCUT2D eigenvalue weighted by molar-refractivity contribution is 0.0785. The van der Waals surface area contributed by atoms with Gasteiger partial charge in [-0.05, 0) is 29.8 Å². The standard InChI is InChI=1S/C32H34FN5O4/c1-36(21-22-10-6-5-7-11-22)32(39)24-20-34-30(23-18-27(40-2)29(42-4)28(19-23)41-3)35-31(24)38-16-14-37(15-17-38)26-13-9-8-12-25(26)33/h5-13,18-20H,14-17,21H2,1-4H3. The maximum atomic E-state index is 14.5. The zero-order valence-electron chi connectivity index (χ0n) is 24.2. The number of rotatable bonds is 9. The second-order valence-electron chi connectivity index (χ2n) is 9.92. The fraction of sp³-hybridized carbons (Fsp3) is 0.281. The predicted octanol–water partition coefficient (Wildman–Crippen LogP) is 4.91. The predicted molar refractivity (Wildman–Crippen MR) is 160 cm³/mol. The quantitative estimate of drug-likeness (QED) is 0.281. The fourth-order valence-electron chi connectivity index (χ4n) is 5.12. The van der Waals surface area contributed by atoms with E-state index in [4.69, 9.17) is 19.2 Å². The van der Waals surface area contributed by atoms with Crippen LogP contribution < -0.4 is 24.0 Å². The summed E-state index contributed by atoms with van der Waals surface area (Å²) in [5.41, 5.74) is 2.62. The first kappa shape index (κ1) is 28.7. The third-order valence-corrected chi connectivity index (χ3v) is 7.30. The molecule has 5 rings (SSSR count). The molecule has 10 heteroatoms. The SMILES string of the molecule is COc1cc(-c2ncc(C(=O)N(C)Cc3ccccc3)c(N3CCN(c4ccccc4F)CC3)n2)cc(OC)c1OC. The van der Waals surface area contributed by atoms with Gasteiger partial charge in [-0.15, -0.1) is 0 Å². The molecule has 0 radical (unpaired) electrons. The number of hydrogen-bond acceptors (Lipinski definition) is 8. The number of piperazine rings is 1. The molecule has 2 heterocycles. The second-order valence-corrected chi connectivity index (χ2v) is 9.92. The molecule has 9 nitrogen and oxygen atoms in total. The van der Waals surface area contributed by atoms with Crippen LogP contribution in [0.25, 0.3) is 11.4 Å². The Kier molecular flexibility index (Phi) is 8.71. The number of benzene rings is 3. The van der Waals surface area contributed by atoms with Crippen LogP contribution in [0.2, 0.25) is 0 Å². The molecule has 0 atom stereocenters. The van der Waals surface area contributed by atoms with Crippen LogP contribution in [0.5, 0.6) is 17.2 Å². The van der Waals surface area contributed by atoms with Gasteiger partial charge in [0.1, 0.15) is 17.2 Å². The van der Waals surface area contributed by atoms with Gasteiger partial charge in [-0.25, -0.2) is 14.4 Å². The summed E-state index contributed by atoms with van der Waals surface area (Å²) in [6, 6.07) is 20.1.